The molecule has 134 valence electrons. The number of carbonyl (C=O) groups is 1. The van der Waals surface area contributed by atoms with Gasteiger partial charge in [0.1, 0.15) is 11.5 Å². The molecule has 0 saturated carbocycles. The highest BCUT2D eigenvalue weighted by molar-refractivity contribution is 8.18. The number of aliphatic imine (C=N–C) groups is 1. The molecule has 3 rings (SSSR count). The van der Waals surface area contributed by atoms with Crippen molar-refractivity contribution in [2.45, 2.75) is 0 Å². The molecule has 0 bridgehead atoms. The van der Waals surface area contributed by atoms with Crippen LogP contribution in [0.3, 0.4) is 0 Å². The Morgan fingerprint density at radius 3 is 2.46 bits per heavy atom. The van der Waals surface area contributed by atoms with E-state index in [0.29, 0.717) is 37.3 Å². The molecule has 26 heavy (non-hydrogen) atoms. The van der Waals surface area contributed by atoms with Crippen molar-refractivity contribution in [3.8, 4) is 11.5 Å². The van der Waals surface area contributed by atoms with Crippen molar-refractivity contribution in [2.75, 3.05) is 14.2 Å². The van der Waals surface area contributed by atoms with Gasteiger partial charge >= 0.3 is 0 Å². The number of amidine groups is 1. The van der Waals surface area contributed by atoms with Crippen molar-refractivity contribution < 1.29 is 14.3 Å². The number of carbonyl (C=O) groups excluding carboxylic acids is 1. The Hall–Kier alpha value is -2.15. The summed E-state index contributed by atoms with van der Waals surface area (Å²) >= 11 is 13.2. The van der Waals surface area contributed by atoms with Crippen molar-refractivity contribution in [3.05, 3.63) is 56.9 Å². The van der Waals surface area contributed by atoms with Crippen molar-refractivity contribution in [3.63, 3.8) is 0 Å². The first kappa shape index (κ1) is 18.6. The first-order valence-electron chi connectivity index (χ1n) is 7.46. The number of hydrogen-bond donors (Lipinski definition) is 1. The zero-order chi connectivity index (χ0) is 18.7. The number of ether oxygens (including phenoxy) is 2. The van der Waals surface area contributed by atoms with Crippen LogP contribution in [-0.2, 0) is 4.79 Å². The summed E-state index contributed by atoms with van der Waals surface area (Å²) in [6.45, 7) is 0. The van der Waals surface area contributed by atoms with E-state index >= 15 is 0 Å². The molecule has 0 atom stereocenters. The molecular weight excluding hydrogens is 395 g/mol. The van der Waals surface area contributed by atoms with Gasteiger partial charge in [-0.3, -0.25) is 4.79 Å². The van der Waals surface area contributed by atoms with Crippen LogP contribution in [-0.4, -0.2) is 25.3 Å². The molecule has 8 heteroatoms. The highest BCUT2D eigenvalue weighted by atomic mass is 35.5. The number of benzene rings is 2. The van der Waals surface area contributed by atoms with Crippen LogP contribution in [0.4, 0.5) is 5.69 Å². The van der Waals surface area contributed by atoms with Crippen molar-refractivity contribution >= 4 is 57.8 Å². The first-order valence-corrected chi connectivity index (χ1v) is 9.03. The van der Waals surface area contributed by atoms with Gasteiger partial charge in [-0.15, -0.1) is 0 Å². The third-order valence-electron chi connectivity index (χ3n) is 3.45. The first-order chi connectivity index (χ1) is 12.5. The summed E-state index contributed by atoms with van der Waals surface area (Å²) in [5, 5.41) is 4.12. The van der Waals surface area contributed by atoms with E-state index in [2.05, 4.69) is 10.3 Å². The molecule has 1 aliphatic rings. The highest BCUT2D eigenvalue weighted by Crippen LogP contribution is 2.33. The third-order valence-corrected chi connectivity index (χ3v) is 4.80. The number of nitrogens with zero attached hydrogens (tertiary/aromatic N) is 1. The lowest BCUT2D eigenvalue weighted by Crippen LogP contribution is -2.19. The van der Waals surface area contributed by atoms with Crippen LogP contribution in [0.2, 0.25) is 10.0 Å². The Morgan fingerprint density at radius 1 is 1.08 bits per heavy atom. The van der Waals surface area contributed by atoms with Gasteiger partial charge in [0.25, 0.3) is 5.91 Å². The van der Waals surface area contributed by atoms with Crippen LogP contribution in [0.25, 0.3) is 6.08 Å². The van der Waals surface area contributed by atoms with Gasteiger partial charge in [0.05, 0.1) is 24.8 Å². The van der Waals surface area contributed by atoms with Gasteiger partial charge in [0.2, 0.25) is 0 Å². The minimum Gasteiger partial charge on any atom is -0.497 e. The second-order valence-corrected chi connectivity index (χ2v) is 7.12. The maximum absolute atomic E-state index is 12.3. The van der Waals surface area contributed by atoms with E-state index in [0.717, 1.165) is 5.56 Å². The van der Waals surface area contributed by atoms with Gasteiger partial charge in [-0.1, -0.05) is 23.2 Å². The van der Waals surface area contributed by atoms with Crippen LogP contribution in [0.5, 0.6) is 11.5 Å². The quantitative estimate of drug-likeness (QED) is 0.730. The summed E-state index contributed by atoms with van der Waals surface area (Å²) in [5.41, 5.74) is 1.29. The standard InChI is InChI=1S/C18H14Cl2N2O3S/c1-24-14-3-4-15(25-2)10(5-14)6-16-17(23)22-18(26-16)21-13-8-11(19)7-12(20)9-13/h3-9H,1-2H3,(H,21,22,23). The molecule has 2 aromatic rings. The number of methoxy groups -OCH3 is 2. The van der Waals surface area contributed by atoms with E-state index in [1.165, 1.54) is 11.8 Å². The van der Waals surface area contributed by atoms with Crippen molar-refractivity contribution in [1.29, 1.82) is 0 Å². The fourth-order valence-electron chi connectivity index (χ4n) is 2.30. The Balaban J connectivity index is 1.90. The van der Waals surface area contributed by atoms with Crippen LogP contribution in [0, 0.1) is 0 Å². The maximum Gasteiger partial charge on any atom is 0.264 e. The predicted octanol–water partition coefficient (Wildman–Crippen LogP) is 4.90. The van der Waals surface area contributed by atoms with Crippen LogP contribution in [0.15, 0.2) is 46.3 Å². The average molecular weight is 409 g/mol. The second-order valence-electron chi connectivity index (χ2n) is 5.22. The summed E-state index contributed by atoms with van der Waals surface area (Å²) in [7, 11) is 3.15. The number of amides is 1. The third kappa shape index (κ3) is 4.33. The van der Waals surface area contributed by atoms with Crippen LogP contribution < -0.4 is 14.8 Å². The molecule has 0 spiro atoms. The predicted molar refractivity (Wildman–Crippen MR) is 107 cm³/mol. The molecular formula is C18H14Cl2N2O3S. The van der Waals surface area contributed by atoms with E-state index in [4.69, 9.17) is 32.7 Å². The number of rotatable bonds is 4. The monoisotopic (exact) mass is 408 g/mol. The average Bonchev–Trinajstić information content (AvgIpc) is 2.93. The largest absolute Gasteiger partial charge is 0.497 e. The summed E-state index contributed by atoms with van der Waals surface area (Å²) < 4.78 is 10.6. The summed E-state index contributed by atoms with van der Waals surface area (Å²) in [4.78, 5) is 17.1. The summed E-state index contributed by atoms with van der Waals surface area (Å²) in [6.07, 6.45) is 1.73. The van der Waals surface area contributed by atoms with Crippen LogP contribution >= 0.6 is 35.0 Å². The van der Waals surface area contributed by atoms with Crippen molar-refractivity contribution in [2.24, 2.45) is 4.99 Å². The van der Waals surface area contributed by atoms with E-state index in [1.807, 2.05) is 0 Å². The SMILES string of the molecule is COc1ccc(OC)c(C=C2SC(=Nc3cc(Cl)cc(Cl)c3)NC2=O)c1. The fraction of sp³-hybridized carbons (Fsp3) is 0.111. The highest BCUT2D eigenvalue weighted by Gasteiger charge is 2.24. The molecule has 0 unspecified atom stereocenters. The topological polar surface area (TPSA) is 59.9 Å². The second kappa shape index (κ2) is 8.03. The molecule has 1 fully saturated rings. The molecule has 5 nitrogen and oxygen atoms in total. The number of thioether (sulfide) groups is 1. The Bertz CT molecular complexity index is 908. The Kier molecular flexibility index (Phi) is 5.76. The number of hydrogen-bond acceptors (Lipinski definition) is 5. The Morgan fingerprint density at radius 2 is 1.81 bits per heavy atom. The normalized spacial score (nSPS) is 16.8. The number of nitrogens with one attached hydrogen (secondary N) is 1. The van der Waals surface area contributed by atoms with Gasteiger partial charge in [0, 0.05) is 15.6 Å². The molecule has 2 aromatic carbocycles. The van der Waals surface area contributed by atoms with Gasteiger partial charge in [-0.05, 0) is 54.2 Å². The summed E-state index contributed by atoms with van der Waals surface area (Å²) in [6, 6.07) is 10.3. The Labute approximate surface area is 165 Å². The van der Waals surface area contributed by atoms with E-state index in [-0.39, 0.29) is 5.91 Å². The molecule has 1 heterocycles. The van der Waals surface area contributed by atoms with E-state index in [9.17, 15) is 4.79 Å². The molecule has 1 aliphatic heterocycles. The lowest BCUT2D eigenvalue weighted by Gasteiger charge is -2.07. The van der Waals surface area contributed by atoms with Gasteiger partial charge < -0.3 is 14.8 Å². The van der Waals surface area contributed by atoms with Gasteiger partial charge in [0.15, 0.2) is 5.17 Å². The van der Waals surface area contributed by atoms with Crippen molar-refractivity contribution in [1.82, 2.24) is 5.32 Å². The maximum atomic E-state index is 12.3. The molecule has 1 N–H and O–H groups in total. The lowest BCUT2D eigenvalue weighted by molar-refractivity contribution is -0.115. The zero-order valence-corrected chi connectivity index (χ0v) is 16.2. The van der Waals surface area contributed by atoms with Crippen LogP contribution in [0.1, 0.15) is 5.56 Å². The van der Waals surface area contributed by atoms with E-state index < -0.39 is 0 Å². The molecule has 0 radical (unpaired) electrons. The molecule has 1 amide bonds. The minimum atomic E-state index is -0.244. The van der Waals surface area contributed by atoms with Gasteiger partial charge in [-0.2, -0.15) is 0 Å². The summed E-state index contributed by atoms with van der Waals surface area (Å²) in [5.74, 6) is 1.06. The number of halogens is 2. The zero-order valence-electron chi connectivity index (χ0n) is 13.9. The lowest BCUT2D eigenvalue weighted by atomic mass is 10.1. The molecule has 1 saturated heterocycles. The van der Waals surface area contributed by atoms with Gasteiger partial charge in [-0.25, -0.2) is 4.99 Å². The molecule has 0 aliphatic carbocycles. The molecule has 0 aromatic heterocycles. The van der Waals surface area contributed by atoms with E-state index in [1.54, 1.807) is 56.7 Å². The minimum absolute atomic E-state index is 0.244. The smallest absolute Gasteiger partial charge is 0.264 e. The fourth-order valence-corrected chi connectivity index (χ4v) is 3.64.